The highest BCUT2D eigenvalue weighted by molar-refractivity contribution is 5.12. The van der Waals surface area contributed by atoms with Crippen LogP contribution in [-0.2, 0) is 9.47 Å². The minimum Gasteiger partial charge on any atom is -0.381 e. The quantitative estimate of drug-likeness (QED) is 0.689. The Morgan fingerprint density at radius 3 is 2.21 bits per heavy atom. The van der Waals surface area contributed by atoms with Gasteiger partial charge in [0, 0.05) is 14.2 Å². The SMILES string of the molecule is CCC(C1=CCC(OC)CC1)C1CCC(OC)CC1. The molecule has 2 nitrogen and oxygen atoms in total. The van der Waals surface area contributed by atoms with Crippen LogP contribution in [0.5, 0.6) is 0 Å². The first kappa shape index (κ1) is 15.1. The van der Waals surface area contributed by atoms with Gasteiger partial charge in [-0.05, 0) is 63.2 Å². The van der Waals surface area contributed by atoms with Gasteiger partial charge in [-0.2, -0.15) is 0 Å². The van der Waals surface area contributed by atoms with E-state index in [9.17, 15) is 0 Å². The number of hydrogen-bond acceptors (Lipinski definition) is 2. The van der Waals surface area contributed by atoms with Crippen molar-refractivity contribution in [1.82, 2.24) is 0 Å². The summed E-state index contributed by atoms with van der Waals surface area (Å²) in [4.78, 5) is 0. The van der Waals surface area contributed by atoms with Crippen LogP contribution < -0.4 is 0 Å². The Balaban J connectivity index is 1.91. The minimum absolute atomic E-state index is 0.463. The maximum absolute atomic E-state index is 5.50. The number of ether oxygens (including phenoxy) is 2. The fourth-order valence-corrected chi connectivity index (χ4v) is 4.01. The summed E-state index contributed by atoms with van der Waals surface area (Å²) in [6.45, 7) is 2.36. The third-order valence-electron chi connectivity index (χ3n) is 5.27. The zero-order valence-electron chi connectivity index (χ0n) is 12.9. The molecule has 2 heteroatoms. The highest BCUT2D eigenvalue weighted by atomic mass is 16.5. The molecule has 19 heavy (non-hydrogen) atoms. The van der Waals surface area contributed by atoms with Crippen LogP contribution in [0.4, 0.5) is 0 Å². The predicted octanol–water partition coefficient (Wildman–Crippen LogP) is 4.34. The summed E-state index contributed by atoms with van der Waals surface area (Å²) in [5.74, 6) is 1.71. The Kier molecular flexibility index (Phi) is 5.90. The van der Waals surface area contributed by atoms with Gasteiger partial charge in [0.15, 0.2) is 0 Å². The van der Waals surface area contributed by atoms with Gasteiger partial charge in [-0.25, -0.2) is 0 Å². The highest BCUT2D eigenvalue weighted by Crippen LogP contribution is 2.39. The van der Waals surface area contributed by atoms with Crippen molar-refractivity contribution in [2.45, 2.75) is 70.5 Å². The van der Waals surface area contributed by atoms with Gasteiger partial charge in [0.2, 0.25) is 0 Å². The zero-order valence-corrected chi connectivity index (χ0v) is 12.9. The van der Waals surface area contributed by atoms with E-state index in [2.05, 4.69) is 13.0 Å². The molecule has 0 saturated heterocycles. The van der Waals surface area contributed by atoms with Crippen molar-refractivity contribution in [2.24, 2.45) is 11.8 Å². The van der Waals surface area contributed by atoms with Crippen molar-refractivity contribution in [3.63, 3.8) is 0 Å². The van der Waals surface area contributed by atoms with Crippen LogP contribution in [0.3, 0.4) is 0 Å². The molecule has 2 rings (SSSR count). The molecule has 2 aliphatic rings. The van der Waals surface area contributed by atoms with Crippen molar-refractivity contribution in [2.75, 3.05) is 14.2 Å². The standard InChI is InChI=1S/C17H30O2/c1-4-17(13-5-9-15(18-2)10-6-13)14-7-11-16(19-3)12-8-14/h5,14-17H,4,6-12H2,1-3H3. The first-order valence-corrected chi connectivity index (χ1v) is 8.03. The molecule has 0 amide bonds. The lowest BCUT2D eigenvalue weighted by molar-refractivity contribution is 0.0476. The van der Waals surface area contributed by atoms with E-state index in [-0.39, 0.29) is 0 Å². The summed E-state index contributed by atoms with van der Waals surface area (Å²) in [5.41, 5.74) is 1.72. The van der Waals surface area contributed by atoms with Crippen molar-refractivity contribution >= 4 is 0 Å². The van der Waals surface area contributed by atoms with Crippen LogP contribution in [0.15, 0.2) is 11.6 Å². The predicted molar refractivity (Wildman–Crippen MR) is 79.3 cm³/mol. The van der Waals surface area contributed by atoms with E-state index < -0.39 is 0 Å². The van der Waals surface area contributed by atoms with E-state index in [1.807, 2.05) is 14.2 Å². The van der Waals surface area contributed by atoms with Gasteiger partial charge in [-0.1, -0.05) is 18.6 Å². The molecule has 0 heterocycles. The smallest absolute Gasteiger partial charge is 0.0608 e. The summed E-state index contributed by atoms with van der Waals surface area (Å²) in [5, 5.41) is 0. The van der Waals surface area contributed by atoms with Crippen LogP contribution in [0.25, 0.3) is 0 Å². The first-order chi connectivity index (χ1) is 9.28. The van der Waals surface area contributed by atoms with Crippen molar-refractivity contribution in [3.05, 3.63) is 11.6 Å². The van der Waals surface area contributed by atoms with Crippen LogP contribution in [0.1, 0.15) is 58.3 Å². The first-order valence-electron chi connectivity index (χ1n) is 8.03. The number of methoxy groups -OCH3 is 2. The second kappa shape index (κ2) is 7.44. The molecule has 0 aromatic carbocycles. The molecule has 1 fully saturated rings. The molecule has 0 bridgehead atoms. The molecule has 0 radical (unpaired) electrons. The second-order valence-electron chi connectivity index (χ2n) is 6.20. The number of rotatable bonds is 5. The molecular weight excluding hydrogens is 236 g/mol. The lowest BCUT2D eigenvalue weighted by Crippen LogP contribution is -2.27. The van der Waals surface area contributed by atoms with Gasteiger partial charge in [-0.3, -0.25) is 0 Å². The van der Waals surface area contributed by atoms with Gasteiger partial charge in [0.25, 0.3) is 0 Å². The summed E-state index contributed by atoms with van der Waals surface area (Å²) >= 11 is 0. The van der Waals surface area contributed by atoms with Gasteiger partial charge in [0.05, 0.1) is 12.2 Å². The maximum atomic E-state index is 5.50. The van der Waals surface area contributed by atoms with Crippen molar-refractivity contribution < 1.29 is 9.47 Å². The molecule has 0 spiro atoms. The second-order valence-corrected chi connectivity index (χ2v) is 6.20. The fraction of sp³-hybridized carbons (Fsp3) is 0.882. The number of allylic oxidation sites excluding steroid dienone is 1. The van der Waals surface area contributed by atoms with E-state index in [0.29, 0.717) is 12.2 Å². The summed E-state index contributed by atoms with van der Waals surface area (Å²) in [7, 11) is 3.70. The van der Waals surface area contributed by atoms with E-state index in [1.54, 1.807) is 5.57 Å². The Morgan fingerprint density at radius 1 is 1.05 bits per heavy atom. The van der Waals surface area contributed by atoms with Crippen LogP contribution >= 0.6 is 0 Å². The van der Waals surface area contributed by atoms with E-state index in [1.165, 1.54) is 44.9 Å². The summed E-state index contributed by atoms with van der Waals surface area (Å²) in [6.07, 6.45) is 13.6. The molecule has 110 valence electrons. The van der Waals surface area contributed by atoms with Gasteiger partial charge < -0.3 is 9.47 Å². The summed E-state index contributed by atoms with van der Waals surface area (Å²) in [6, 6.07) is 0. The summed E-state index contributed by atoms with van der Waals surface area (Å²) < 4.78 is 11.0. The third-order valence-corrected chi connectivity index (χ3v) is 5.27. The van der Waals surface area contributed by atoms with E-state index in [0.717, 1.165) is 18.3 Å². The van der Waals surface area contributed by atoms with Crippen LogP contribution in [-0.4, -0.2) is 26.4 Å². The van der Waals surface area contributed by atoms with Crippen LogP contribution in [0, 0.1) is 11.8 Å². The van der Waals surface area contributed by atoms with E-state index in [4.69, 9.17) is 9.47 Å². The number of hydrogen-bond donors (Lipinski definition) is 0. The van der Waals surface area contributed by atoms with E-state index >= 15 is 0 Å². The molecule has 2 aliphatic carbocycles. The van der Waals surface area contributed by atoms with Crippen LogP contribution in [0.2, 0.25) is 0 Å². The molecule has 2 unspecified atom stereocenters. The van der Waals surface area contributed by atoms with Gasteiger partial charge in [-0.15, -0.1) is 0 Å². The van der Waals surface area contributed by atoms with Crippen molar-refractivity contribution in [3.8, 4) is 0 Å². The molecule has 2 atom stereocenters. The normalized spacial score (nSPS) is 33.8. The monoisotopic (exact) mass is 266 g/mol. The lowest BCUT2D eigenvalue weighted by atomic mass is 9.72. The molecule has 1 saturated carbocycles. The van der Waals surface area contributed by atoms with Gasteiger partial charge >= 0.3 is 0 Å². The molecule has 0 aromatic heterocycles. The Hall–Kier alpha value is -0.340. The average molecular weight is 266 g/mol. The molecular formula is C17H30O2. The molecule has 0 aromatic rings. The zero-order chi connectivity index (χ0) is 13.7. The minimum atomic E-state index is 0.463. The van der Waals surface area contributed by atoms with Gasteiger partial charge in [0.1, 0.15) is 0 Å². The topological polar surface area (TPSA) is 18.5 Å². The average Bonchev–Trinajstić information content (AvgIpc) is 2.49. The molecule has 0 aliphatic heterocycles. The Bertz CT molecular complexity index is 290. The lowest BCUT2D eigenvalue weighted by Gasteiger charge is -2.36. The Labute approximate surface area is 118 Å². The third kappa shape index (κ3) is 3.82. The maximum Gasteiger partial charge on any atom is 0.0608 e. The van der Waals surface area contributed by atoms with Crippen molar-refractivity contribution in [1.29, 1.82) is 0 Å². The highest BCUT2D eigenvalue weighted by Gasteiger charge is 2.29. The molecule has 0 N–H and O–H groups in total. The fourth-order valence-electron chi connectivity index (χ4n) is 4.01. The largest absolute Gasteiger partial charge is 0.381 e. The Morgan fingerprint density at radius 2 is 1.74 bits per heavy atom.